The molecule has 1 aromatic carbocycles. The minimum Gasteiger partial charge on any atom is -0.394 e. The fourth-order valence-electron chi connectivity index (χ4n) is 1.87. The van der Waals surface area contributed by atoms with E-state index >= 15 is 0 Å². The fourth-order valence-corrected chi connectivity index (χ4v) is 2.17. The van der Waals surface area contributed by atoms with Crippen molar-refractivity contribution in [3.63, 3.8) is 0 Å². The zero-order valence-corrected chi connectivity index (χ0v) is 11.1. The number of aliphatic hydroxyl groups is 1. The molecule has 1 aromatic rings. The number of rotatable bonds is 2. The van der Waals surface area contributed by atoms with Crippen LogP contribution in [-0.4, -0.2) is 48.3 Å². The topological polar surface area (TPSA) is 49.8 Å². The second-order valence-corrected chi connectivity index (χ2v) is 4.85. The number of morpholine rings is 1. The van der Waals surface area contributed by atoms with E-state index in [4.69, 9.17) is 27.9 Å². The molecule has 1 heterocycles. The van der Waals surface area contributed by atoms with Crippen LogP contribution in [0.5, 0.6) is 0 Å². The first-order chi connectivity index (χ1) is 8.63. The normalized spacial score (nSPS) is 19.9. The second-order valence-electron chi connectivity index (χ2n) is 4.04. The molecule has 4 nitrogen and oxygen atoms in total. The summed E-state index contributed by atoms with van der Waals surface area (Å²) in [5.74, 6) is -0.170. The van der Waals surface area contributed by atoms with E-state index in [1.165, 1.54) is 6.07 Å². The number of amides is 1. The highest BCUT2D eigenvalue weighted by atomic mass is 35.5. The third-order valence-corrected chi connectivity index (χ3v) is 3.60. The van der Waals surface area contributed by atoms with Gasteiger partial charge in [0.1, 0.15) is 0 Å². The summed E-state index contributed by atoms with van der Waals surface area (Å²) in [7, 11) is 0. The Kier molecular flexibility index (Phi) is 4.45. The number of ether oxygens (including phenoxy) is 1. The Labute approximate surface area is 115 Å². The highest BCUT2D eigenvalue weighted by molar-refractivity contribution is 6.42. The summed E-state index contributed by atoms with van der Waals surface area (Å²) in [6.07, 6.45) is 0. The van der Waals surface area contributed by atoms with Gasteiger partial charge in [0.05, 0.1) is 35.9 Å². The van der Waals surface area contributed by atoms with E-state index in [9.17, 15) is 9.90 Å². The number of aliphatic hydroxyl groups excluding tert-OH is 1. The predicted molar refractivity (Wildman–Crippen MR) is 69.2 cm³/mol. The van der Waals surface area contributed by atoms with Crippen molar-refractivity contribution in [2.24, 2.45) is 0 Å². The number of hydrogen-bond donors (Lipinski definition) is 1. The Morgan fingerprint density at radius 2 is 2.22 bits per heavy atom. The van der Waals surface area contributed by atoms with Crippen molar-refractivity contribution < 1.29 is 14.6 Å². The monoisotopic (exact) mass is 289 g/mol. The fraction of sp³-hybridized carbons (Fsp3) is 0.417. The summed E-state index contributed by atoms with van der Waals surface area (Å²) in [4.78, 5) is 13.9. The highest BCUT2D eigenvalue weighted by Crippen LogP contribution is 2.24. The smallest absolute Gasteiger partial charge is 0.254 e. The second kappa shape index (κ2) is 5.89. The first-order valence-corrected chi connectivity index (χ1v) is 6.33. The van der Waals surface area contributed by atoms with E-state index in [2.05, 4.69) is 0 Å². The Bertz CT molecular complexity index is 453. The molecule has 0 saturated carbocycles. The van der Waals surface area contributed by atoms with Gasteiger partial charge in [0.15, 0.2) is 0 Å². The molecular formula is C12H13Cl2NO3. The summed E-state index contributed by atoms with van der Waals surface area (Å²) in [5.41, 5.74) is 0.463. The molecule has 1 amide bonds. The van der Waals surface area contributed by atoms with E-state index in [0.29, 0.717) is 35.4 Å². The van der Waals surface area contributed by atoms with E-state index in [-0.39, 0.29) is 18.6 Å². The van der Waals surface area contributed by atoms with Crippen LogP contribution in [0.4, 0.5) is 0 Å². The zero-order chi connectivity index (χ0) is 13.1. The molecule has 0 radical (unpaired) electrons. The Morgan fingerprint density at radius 1 is 1.44 bits per heavy atom. The van der Waals surface area contributed by atoms with Crippen molar-refractivity contribution >= 4 is 29.1 Å². The molecule has 1 aliphatic rings. The van der Waals surface area contributed by atoms with Gasteiger partial charge in [-0.3, -0.25) is 4.79 Å². The van der Waals surface area contributed by atoms with Gasteiger partial charge in [0, 0.05) is 12.1 Å². The Hall–Kier alpha value is -0.810. The lowest BCUT2D eigenvalue weighted by Gasteiger charge is -2.34. The minimum atomic E-state index is -0.305. The molecule has 0 bridgehead atoms. The minimum absolute atomic E-state index is 0.118. The SMILES string of the molecule is O=C(c1ccc(Cl)c(Cl)c1)N1CCOCC1CO. The first kappa shape index (κ1) is 13.6. The average molecular weight is 290 g/mol. The predicted octanol–water partition coefficient (Wildman–Crippen LogP) is 1.83. The largest absolute Gasteiger partial charge is 0.394 e. The summed E-state index contributed by atoms with van der Waals surface area (Å²) in [6.45, 7) is 1.17. The molecule has 1 N–H and O–H groups in total. The van der Waals surface area contributed by atoms with Crippen LogP contribution in [0.1, 0.15) is 10.4 Å². The van der Waals surface area contributed by atoms with Gasteiger partial charge in [-0.2, -0.15) is 0 Å². The number of carbonyl (C=O) groups excluding carboxylic acids is 1. The van der Waals surface area contributed by atoms with Gasteiger partial charge < -0.3 is 14.7 Å². The molecule has 0 aliphatic carbocycles. The number of benzene rings is 1. The summed E-state index contributed by atoms with van der Waals surface area (Å²) in [6, 6.07) is 4.45. The maximum Gasteiger partial charge on any atom is 0.254 e. The van der Waals surface area contributed by atoms with Gasteiger partial charge >= 0.3 is 0 Å². The van der Waals surface area contributed by atoms with Gasteiger partial charge in [0.25, 0.3) is 5.91 Å². The molecule has 0 spiro atoms. The maximum atomic E-state index is 12.3. The van der Waals surface area contributed by atoms with Crippen molar-refractivity contribution in [2.75, 3.05) is 26.4 Å². The van der Waals surface area contributed by atoms with Crippen LogP contribution in [0.25, 0.3) is 0 Å². The Morgan fingerprint density at radius 3 is 2.89 bits per heavy atom. The number of halogens is 2. The molecular weight excluding hydrogens is 277 g/mol. The molecule has 1 unspecified atom stereocenters. The molecule has 6 heteroatoms. The molecule has 1 saturated heterocycles. The molecule has 2 rings (SSSR count). The molecule has 1 fully saturated rings. The van der Waals surface area contributed by atoms with Crippen LogP contribution in [0, 0.1) is 0 Å². The molecule has 0 aromatic heterocycles. The van der Waals surface area contributed by atoms with Crippen LogP contribution in [-0.2, 0) is 4.74 Å². The summed E-state index contributed by atoms with van der Waals surface area (Å²) in [5, 5.41) is 9.99. The van der Waals surface area contributed by atoms with E-state index in [0.717, 1.165) is 0 Å². The van der Waals surface area contributed by atoms with Gasteiger partial charge in [0.2, 0.25) is 0 Å². The maximum absolute atomic E-state index is 12.3. The standard InChI is InChI=1S/C12H13Cl2NO3/c13-10-2-1-8(5-11(10)14)12(17)15-3-4-18-7-9(15)6-16/h1-2,5,9,16H,3-4,6-7H2. The van der Waals surface area contributed by atoms with Gasteiger partial charge in [-0.05, 0) is 18.2 Å². The van der Waals surface area contributed by atoms with E-state index in [1.54, 1.807) is 17.0 Å². The van der Waals surface area contributed by atoms with Crippen LogP contribution < -0.4 is 0 Å². The van der Waals surface area contributed by atoms with Crippen LogP contribution >= 0.6 is 23.2 Å². The van der Waals surface area contributed by atoms with Crippen molar-refractivity contribution in [2.45, 2.75) is 6.04 Å². The molecule has 98 valence electrons. The highest BCUT2D eigenvalue weighted by Gasteiger charge is 2.27. The van der Waals surface area contributed by atoms with Crippen molar-refractivity contribution in [3.05, 3.63) is 33.8 Å². The number of carbonyl (C=O) groups is 1. The van der Waals surface area contributed by atoms with Crippen LogP contribution in [0.15, 0.2) is 18.2 Å². The average Bonchev–Trinajstić information content (AvgIpc) is 2.41. The van der Waals surface area contributed by atoms with Crippen LogP contribution in [0.3, 0.4) is 0 Å². The summed E-state index contributed by atoms with van der Waals surface area (Å²) < 4.78 is 5.23. The van der Waals surface area contributed by atoms with Crippen molar-refractivity contribution in [1.82, 2.24) is 4.90 Å². The van der Waals surface area contributed by atoms with Crippen molar-refractivity contribution in [3.8, 4) is 0 Å². The number of hydrogen-bond acceptors (Lipinski definition) is 3. The van der Waals surface area contributed by atoms with E-state index < -0.39 is 0 Å². The van der Waals surface area contributed by atoms with Gasteiger partial charge in [-0.25, -0.2) is 0 Å². The van der Waals surface area contributed by atoms with E-state index in [1.807, 2.05) is 0 Å². The lowest BCUT2D eigenvalue weighted by molar-refractivity contribution is -0.0183. The van der Waals surface area contributed by atoms with Crippen LogP contribution in [0.2, 0.25) is 10.0 Å². The third kappa shape index (κ3) is 2.78. The first-order valence-electron chi connectivity index (χ1n) is 5.58. The number of nitrogens with zero attached hydrogens (tertiary/aromatic N) is 1. The zero-order valence-electron chi connectivity index (χ0n) is 9.60. The lowest BCUT2D eigenvalue weighted by Crippen LogP contribution is -2.50. The summed E-state index contributed by atoms with van der Waals surface area (Å²) >= 11 is 11.7. The Balaban J connectivity index is 2.21. The molecule has 1 atom stereocenters. The molecule has 18 heavy (non-hydrogen) atoms. The van der Waals surface area contributed by atoms with Gasteiger partial charge in [-0.1, -0.05) is 23.2 Å². The third-order valence-electron chi connectivity index (χ3n) is 2.87. The van der Waals surface area contributed by atoms with Crippen molar-refractivity contribution in [1.29, 1.82) is 0 Å². The quantitative estimate of drug-likeness (QED) is 0.904. The lowest BCUT2D eigenvalue weighted by atomic mass is 10.1. The van der Waals surface area contributed by atoms with Gasteiger partial charge in [-0.15, -0.1) is 0 Å². The molecule has 1 aliphatic heterocycles.